The number of Topliss-reactive ketones (excluding diaryl/α,β-unsaturated/α-hetero) is 1. The molecule has 1 aromatic carbocycles. The predicted octanol–water partition coefficient (Wildman–Crippen LogP) is 4.07. The molecule has 3 rings (SSSR count). The lowest BCUT2D eigenvalue weighted by atomic mass is 9.84. The summed E-state index contributed by atoms with van der Waals surface area (Å²) in [5.41, 5.74) is 1.16. The molecule has 0 N–H and O–H groups in total. The summed E-state index contributed by atoms with van der Waals surface area (Å²) in [5.74, 6) is 0.656. The second-order valence-electron chi connectivity index (χ2n) is 5.83. The summed E-state index contributed by atoms with van der Waals surface area (Å²) in [7, 11) is 0. The Morgan fingerprint density at radius 2 is 1.95 bits per heavy atom. The molecule has 1 saturated heterocycles. The van der Waals surface area contributed by atoms with Crippen molar-refractivity contribution in [2.75, 3.05) is 0 Å². The van der Waals surface area contributed by atoms with Crippen molar-refractivity contribution >= 4 is 27.2 Å². The molecule has 1 aromatic heterocycles. The minimum atomic E-state index is 0.0312. The fourth-order valence-electron chi connectivity index (χ4n) is 3.30. The van der Waals surface area contributed by atoms with E-state index in [-0.39, 0.29) is 18.1 Å². The maximum Gasteiger partial charge on any atom is 0.143 e. The van der Waals surface area contributed by atoms with Gasteiger partial charge < -0.3 is 4.74 Å². The summed E-state index contributed by atoms with van der Waals surface area (Å²) >= 11 is 1.72. The van der Waals surface area contributed by atoms with Gasteiger partial charge in [-0.15, -0.1) is 11.3 Å². The monoisotopic (exact) mass is 288 g/mol. The highest BCUT2D eigenvalue weighted by atomic mass is 32.1. The normalized spacial score (nSPS) is 29.9. The largest absolute Gasteiger partial charge is 0.375 e. The van der Waals surface area contributed by atoms with E-state index in [9.17, 15) is 4.79 Å². The number of rotatable bonds is 3. The van der Waals surface area contributed by atoms with Gasteiger partial charge in [0.25, 0.3) is 0 Å². The number of fused-ring (bicyclic) bond motifs is 1. The molecule has 2 heterocycles. The summed E-state index contributed by atoms with van der Waals surface area (Å²) in [6.07, 6.45) is 0.745. The lowest BCUT2D eigenvalue weighted by Gasteiger charge is -2.16. The molecule has 1 fully saturated rings. The molecule has 0 aliphatic carbocycles. The van der Waals surface area contributed by atoms with E-state index in [0.29, 0.717) is 18.1 Å². The van der Waals surface area contributed by atoms with Gasteiger partial charge in [-0.3, -0.25) is 4.79 Å². The van der Waals surface area contributed by atoms with Crippen LogP contribution in [0.4, 0.5) is 0 Å². The highest BCUT2D eigenvalue weighted by Gasteiger charge is 2.41. The number of hydrogen-bond donors (Lipinski definition) is 0. The molecule has 2 nitrogen and oxygen atoms in total. The number of benzene rings is 1. The molecular weight excluding hydrogens is 268 g/mol. The van der Waals surface area contributed by atoms with Crippen LogP contribution in [0.5, 0.6) is 0 Å². The molecule has 3 heteroatoms. The van der Waals surface area contributed by atoms with Crippen LogP contribution >= 0.6 is 11.3 Å². The predicted molar refractivity (Wildman–Crippen MR) is 83.2 cm³/mol. The molecule has 0 amide bonds. The molecule has 106 valence electrons. The smallest absolute Gasteiger partial charge is 0.143 e. The van der Waals surface area contributed by atoms with E-state index >= 15 is 0 Å². The average Bonchev–Trinajstić information content (AvgIpc) is 2.92. The molecule has 20 heavy (non-hydrogen) atoms. The first kappa shape index (κ1) is 13.8. The zero-order valence-corrected chi connectivity index (χ0v) is 12.9. The summed E-state index contributed by atoms with van der Waals surface area (Å²) in [4.78, 5) is 12.6. The quantitative estimate of drug-likeness (QED) is 0.851. The summed E-state index contributed by atoms with van der Waals surface area (Å²) in [5, 5.41) is 3.34. The maximum atomic E-state index is 12.6. The Balaban J connectivity index is 1.82. The van der Waals surface area contributed by atoms with E-state index in [4.69, 9.17) is 4.74 Å². The number of ether oxygens (including phenoxy) is 1. The molecule has 0 bridgehead atoms. The third-order valence-corrected chi connectivity index (χ3v) is 5.55. The number of hydrogen-bond acceptors (Lipinski definition) is 3. The van der Waals surface area contributed by atoms with Crippen molar-refractivity contribution in [2.24, 2.45) is 11.8 Å². The van der Waals surface area contributed by atoms with Gasteiger partial charge in [0.1, 0.15) is 5.78 Å². The number of carbonyl (C=O) groups is 1. The lowest BCUT2D eigenvalue weighted by molar-refractivity contribution is -0.124. The first-order valence-electron chi connectivity index (χ1n) is 7.21. The van der Waals surface area contributed by atoms with Gasteiger partial charge in [-0.2, -0.15) is 0 Å². The Kier molecular flexibility index (Phi) is 3.65. The van der Waals surface area contributed by atoms with Gasteiger partial charge in [0, 0.05) is 17.0 Å². The van der Waals surface area contributed by atoms with Gasteiger partial charge in [-0.25, -0.2) is 0 Å². The van der Waals surface area contributed by atoms with Crippen LogP contribution < -0.4 is 0 Å². The zero-order chi connectivity index (χ0) is 14.3. The Bertz CT molecular complexity index is 631. The van der Waals surface area contributed by atoms with Crippen molar-refractivity contribution in [1.82, 2.24) is 0 Å². The molecule has 1 aliphatic heterocycles. The second kappa shape index (κ2) is 5.30. The van der Waals surface area contributed by atoms with Crippen LogP contribution in [0.15, 0.2) is 29.6 Å². The van der Waals surface area contributed by atoms with Crippen molar-refractivity contribution < 1.29 is 9.53 Å². The van der Waals surface area contributed by atoms with Crippen LogP contribution in [0, 0.1) is 11.8 Å². The molecule has 2 aromatic rings. The molecule has 0 radical (unpaired) electrons. The van der Waals surface area contributed by atoms with Crippen LogP contribution in [0.3, 0.4) is 0 Å². The zero-order valence-electron chi connectivity index (χ0n) is 12.1. The van der Waals surface area contributed by atoms with Crippen LogP contribution in [-0.4, -0.2) is 18.0 Å². The average molecular weight is 288 g/mol. The molecule has 0 saturated carbocycles. The number of carbonyl (C=O) groups excluding carboxylic acids is 1. The first-order chi connectivity index (χ1) is 9.58. The summed E-state index contributed by atoms with van der Waals surface area (Å²) < 4.78 is 7.05. The van der Waals surface area contributed by atoms with Crippen LogP contribution in [0.1, 0.15) is 26.3 Å². The lowest BCUT2D eigenvalue weighted by Crippen LogP contribution is -2.28. The Morgan fingerprint density at radius 1 is 1.20 bits per heavy atom. The van der Waals surface area contributed by atoms with Gasteiger partial charge in [0.15, 0.2) is 0 Å². The summed E-state index contributed by atoms with van der Waals surface area (Å²) in [6.45, 7) is 6.21. The third-order valence-electron chi connectivity index (χ3n) is 4.54. The second-order valence-corrected chi connectivity index (χ2v) is 6.74. The SMILES string of the molecule is CC1OC(C)C(C(=O)Cc2csc3ccccc23)C1C. The van der Waals surface area contributed by atoms with Gasteiger partial charge in [0.2, 0.25) is 0 Å². The Labute approximate surface area is 123 Å². The number of thiophene rings is 1. The molecule has 0 spiro atoms. The number of ketones is 1. The molecule has 4 unspecified atom stereocenters. The molecule has 4 atom stereocenters. The van der Waals surface area contributed by atoms with Crippen molar-refractivity contribution in [3.05, 3.63) is 35.2 Å². The minimum absolute atomic E-state index is 0.0312. The first-order valence-corrected chi connectivity index (χ1v) is 8.09. The van der Waals surface area contributed by atoms with E-state index in [0.717, 1.165) is 5.56 Å². The fourth-order valence-corrected chi connectivity index (χ4v) is 4.26. The van der Waals surface area contributed by atoms with E-state index in [1.54, 1.807) is 11.3 Å². The Morgan fingerprint density at radius 3 is 2.65 bits per heavy atom. The minimum Gasteiger partial charge on any atom is -0.375 e. The standard InChI is InChI=1S/C17H20O2S/c1-10-11(2)19-12(3)17(10)15(18)8-13-9-20-16-7-5-4-6-14(13)16/h4-7,9-12,17H,8H2,1-3H3. The van der Waals surface area contributed by atoms with Gasteiger partial charge in [0.05, 0.1) is 12.2 Å². The van der Waals surface area contributed by atoms with Gasteiger partial charge >= 0.3 is 0 Å². The third kappa shape index (κ3) is 2.29. The van der Waals surface area contributed by atoms with Gasteiger partial charge in [-0.1, -0.05) is 25.1 Å². The van der Waals surface area contributed by atoms with Crippen molar-refractivity contribution in [1.29, 1.82) is 0 Å². The van der Waals surface area contributed by atoms with Crippen LogP contribution in [-0.2, 0) is 16.0 Å². The van der Waals surface area contributed by atoms with E-state index in [1.165, 1.54) is 10.1 Å². The van der Waals surface area contributed by atoms with Crippen LogP contribution in [0.2, 0.25) is 0 Å². The van der Waals surface area contributed by atoms with E-state index in [2.05, 4.69) is 31.4 Å². The topological polar surface area (TPSA) is 26.3 Å². The van der Waals surface area contributed by atoms with Crippen molar-refractivity contribution in [2.45, 2.75) is 39.4 Å². The van der Waals surface area contributed by atoms with E-state index < -0.39 is 0 Å². The highest BCUT2D eigenvalue weighted by molar-refractivity contribution is 7.17. The molecular formula is C17H20O2S. The molecule has 1 aliphatic rings. The van der Waals surface area contributed by atoms with Crippen molar-refractivity contribution in [3.63, 3.8) is 0 Å². The van der Waals surface area contributed by atoms with Crippen LogP contribution in [0.25, 0.3) is 10.1 Å². The Hall–Kier alpha value is -1.19. The van der Waals surface area contributed by atoms with Gasteiger partial charge in [-0.05, 0) is 42.2 Å². The van der Waals surface area contributed by atoms with Crippen molar-refractivity contribution in [3.8, 4) is 0 Å². The maximum absolute atomic E-state index is 12.6. The highest BCUT2D eigenvalue weighted by Crippen LogP contribution is 2.34. The van der Waals surface area contributed by atoms with E-state index in [1.807, 2.05) is 19.1 Å². The summed E-state index contributed by atoms with van der Waals surface area (Å²) in [6, 6.07) is 8.30. The fraction of sp³-hybridized carbons (Fsp3) is 0.471.